The minimum Gasteiger partial charge on any atom is -0.335 e. The van der Waals surface area contributed by atoms with E-state index in [-0.39, 0.29) is 10.9 Å². The van der Waals surface area contributed by atoms with Gasteiger partial charge in [0.05, 0.1) is 5.69 Å². The molecule has 1 aliphatic rings. The maximum atomic E-state index is 12.4. The number of amides is 2. The van der Waals surface area contributed by atoms with Crippen LogP contribution in [0.25, 0.3) is 0 Å². The molecule has 8 nitrogen and oxygen atoms in total. The van der Waals surface area contributed by atoms with Crippen LogP contribution in [0.3, 0.4) is 0 Å². The van der Waals surface area contributed by atoms with Gasteiger partial charge in [0.15, 0.2) is 0 Å². The van der Waals surface area contributed by atoms with Crippen molar-refractivity contribution in [1.29, 1.82) is 0 Å². The maximum Gasteiger partial charge on any atom is 0.328 e. The van der Waals surface area contributed by atoms with Crippen LogP contribution in [-0.2, 0) is 10.0 Å². The van der Waals surface area contributed by atoms with Crippen molar-refractivity contribution in [2.75, 3.05) is 18.5 Å². The normalized spacial score (nSPS) is 16.1. The first-order valence-corrected chi connectivity index (χ1v) is 9.16. The van der Waals surface area contributed by atoms with Gasteiger partial charge in [0, 0.05) is 31.5 Å². The van der Waals surface area contributed by atoms with E-state index in [1.807, 2.05) is 9.73 Å². The van der Waals surface area contributed by atoms with Gasteiger partial charge in [0.1, 0.15) is 4.90 Å². The molecule has 1 fully saturated rings. The van der Waals surface area contributed by atoms with Crippen molar-refractivity contribution in [2.45, 2.75) is 44.0 Å². The molecule has 0 aromatic carbocycles. The van der Waals surface area contributed by atoms with Gasteiger partial charge in [0.2, 0.25) is 0 Å². The zero-order valence-electron chi connectivity index (χ0n) is 13.4. The lowest BCUT2D eigenvalue weighted by atomic mass is 10.2. The van der Waals surface area contributed by atoms with Crippen LogP contribution in [0.1, 0.15) is 33.1 Å². The number of hydrogen-bond donors (Lipinski definition) is 3. The van der Waals surface area contributed by atoms with E-state index in [2.05, 4.69) is 15.7 Å². The third kappa shape index (κ3) is 5.07. The van der Waals surface area contributed by atoms with Gasteiger partial charge in [-0.05, 0) is 32.8 Å². The molecule has 0 spiro atoms. The van der Waals surface area contributed by atoms with Gasteiger partial charge in [-0.3, -0.25) is 4.98 Å². The first kappa shape index (κ1) is 17.5. The fourth-order valence-electron chi connectivity index (χ4n) is 2.33. The molecule has 23 heavy (non-hydrogen) atoms. The van der Waals surface area contributed by atoms with Gasteiger partial charge in [-0.1, -0.05) is 6.42 Å². The molecule has 0 aliphatic carbocycles. The summed E-state index contributed by atoms with van der Waals surface area (Å²) in [5.41, 5.74) is 3.52. The number of hydrogen-bond acceptors (Lipinski definition) is 6. The summed E-state index contributed by atoms with van der Waals surface area (Å²) in [7, 11) is -4.00. The summed E-state index contributed by atoms with van der Waals surface area (Å²) in [6.45, 7) is 5.20. The van der Waals surface area contributed by atoms with Crippen molar-refractivity contribution < 1.29 is 13.2 Å². The van der Waals surface area contributed by atoms with Gasteiger partial charge >= 0.3 is 6.03 Å². The van der Waals surface area contributed by atoms with Crippen molar-refractivity contribution in [3.8, 4) is 0 Å². The number of urea groups is 1. The van der Waals surface area contributed by atoms with Crippen molar-refractivity contribution in [2.24, 2.45) is 0 Å². The van der Waals surface area contributed by atoms with Crippen molar-refractivity contribution >= 4 is 21.7 Å². The monoisotopic (exact) mass is 341 g/mol. The first-order chi connectivity index (χ1) is 10.9. The lowest BCUT2D eigenvalue weighted by molar-refractivity contribution is 0.243. The Labute approximate surface area is 136 Å². The summed E-state index contributed by atoms with van der Waals surface area (Å²) >= 11 is 0. The largest absolute Gasteiger partial charge is 0.335 e. The molecular formula is C14H23N5O3S. The van der Waals surface area contributed by atoms with Crippen LogP contribution in [0.15, 0.2) is 23.4 Å². The lowest BCUT2D eigenvalue weighted by Crippen LogP contribution is -2.43. The predicted molar refractivity (Wildman–Crippen MR) is 87.3 cm³/mol. The maximum absolute atomic E-state index is 12.4. The summed E-state index contributed by atoms with van der Waals surface area (Å²) in [6, 6.07) is 0.668. The zero-order valence-corrected chi connectivity index (χ0v) is 14.2. The molecule has 9 heteroatoms. The van der Waals surface area contributed by atoms with E-state index in [4.69, 9.17) is 0 Å². The molecule has 1 aromatic heterocycles. The molecule has 0 unspecified atom stereocenters. The standard InChI is InChI=1S/C14H23N5O3S/c1-11(2)16-14(20)18-23(21,22)13-10-15-7-6-12(13)17-19-8-4-3-5-9-19/h6-7,10-11H,3-5,8-9H2,1-2H3,(H,15,17)(H2,16,18,20). The molecule has 2 rings (SSSR count). The molecule has 1 aromatic rings. The van der Waals surface area contributed by atoms with Crippen LogP contribution < -0.4 is 15.5 Å². The third-order valence-electron chi connectivity index (χ3n) is 3.36. The number of rotatable bonds is 5. The number of hydrazine groups is 1. The molecule has 128 valence electrons. The van der Waals surface area contributed by atoms with E-state index in [1.54, 1.807) is 19.9 Å². The highest BCUT2D eigenvalue weighted by molar-refractivity contribution is 7.90. The molecule has 1 saturated heterocycles. The minimum absolute atomic E-state index is 0.0514. The van der Waals surface area contributed by atoms with Gasteiger partial charge in [0.25, 0.3) is 10.0 Å². The van der Waals surface area contributed by atoms with Gasteiger partial charge < -0.3 is 10.7 Å². The Morgan fingerprint density at radius 3 is 2.61 bits per heavy atom. The SMILES string of the molecule is CC(C)NC(=O)NS(=O)(=O)c1cnccc1NN1CCCCC1. The zero-order chi connectivity index (χ0) is 16.9. The fourth-order valence-corrected chi connectivity index (χ4v) is 3.35. The summed E-state index contributed by atoms with van der Waals surface area (Å²) in [5, 5.41) is 4.47. The van der Waals surface area contributed by atoms with Crippen molar-refractivity contribution in [3.05, 3.63) is 18.5 Å². The van der Waals surface area contributed by atoms with Gasteiger partial charge in [-0.25, -0.2) is 22.9 Å². The van der Waals surface area contributed by atoms with Crippen LogP contribution in [0, 0.1) is 0 Å². The molecule has 1 aliphatic heterocycles. The van der Waals surface area contributed by atoms with Crippen molar-refractivity contribution in [1.82, 2.24) is 20.0 Å². The number of nitrogens with zero attached hydrogens (tertiary/aromatic N) is 2. The highest BCUT2D eigenvalue weighted by Crippen LogP contribution is 2.21. The number of pyridine rings is 1. The molecular weight excluding hydrogens is 318 g/mol. The molecule has 0 saturated carbocycles. The van der Waals surface area contributed by atoms with E-state index in [1.165, 1.54) is 18.8 Å². The molecule has 0 radical (unpaired) electrons. The number of carbonyl (C=O) groups excluding carboxylic acids is 1. The number of piperidine rings is 1. The number of aromatic nitrogens is 1. The van der Waals surface area contributed by atoms with Crippen molar-refractivity contribution in [3.63, 3.8) is 0 Å². The Kier molecular flexibility index (Phi) is 5.78. The average Bonchev–Trinajstić information content (AvgIpc) is 2.47. The minimum atomic E-state index is -4.00. The van der Waals surface area contributed by atoms with E-state index in [9.17, 15) is 13.2 Å². The lowest BCUT2D eigenvalue weighted by Gasteiger charge is -2.28. The first-order valence-electron chi connectivity index (χ1n) is 7.67. The summed E-state index contributed by atoms with van der Waals surface area (Å²) in [4.78, 5) is 15.5. The number of sulfonamides is 1. The average molecular weight is 341 g/mol. The molecule has 2 amide bonds. The number of nitrogens with one attached hydrogen (secondary N) is 3. The summed E-state index contributed by atoms with van der Waals surface area (Å²) in [6.07, 6.45) is 6.05. The predicted octanol–water partition coefficient (Wildman–Crippen LogP) is 1.29. The van der Waals surface area contributed by atoms with Gasteiger partial charge in [-0.2, -0.15) is 0 Å². The van der Waals surface area contributed by atoms with Crippen LogP contribution >= 0.6 is 0 Å². The number of carbonyl (C=O) groups is 1. The number of anilines is 1. The van der Waals surface area contributed by atoms with E-state index >= 15 is 0 Å². The van der Waals surface area contributed by atoms with E-state index < -0.39 is 16.1 Å². The van der Waals surface area contributed by atoms with Crippen LogP contribution in [0.2, 0.25) is 0 Å². The Hall–Kier alpha value is -1.87. The van der Waals surface area contributed by atoms with Gasteiger partial charge in [-0.15, -0.1) is 0 Å². The van der Waals surface area contributed by atoms with Crippen LogP contribution in [-0.4, -0.2) is 43.6 Å². The second kappa shape index (κ2) is 7.60. The smallest absolute Gasteiger partial charge is 0.328 e. The molecule has 2 heterocycles. The Bertz CT molecular complexity index is 642. The summed E-state index contributed by atoms with van der Waals surface area (Å²) < 4.78 is 26.8. The van der Waals surface area contributed by atoms with Crippen LogP contribution in [0.4, 0.5) is 10.5 Å². The highest BCUT2D eigenvalue weighted by atomic mass is 32.2. The quantitative estimate of drug-likeness (QED) is 0.746. The Morgan fingerprint density at radius 2 is 1.96 bits per heavy atom. The van der Waals surface area contributed by atoms with Crippen LogP contribution in [0.5, 0.6) is 0 Å². The fraction of sp³-hybridized carbons (Fsp3) is 0.571. The highest BCUT2D eigenvalue weighted by Gasteiger charge is 2.23. The molecule has 0 atom stereocenters. The Balaban J connectivity index is 2.16. The second-order valence-corrected chi connectivity index (χ2v) is 7.42. The second-order valence-electron chi connectivity index (χ2n) is 5.77. The summed E-state index contributed by atoms with van der Waals surface area (Å²) in [5.74, 6) is 0. The van der Waals surface area contributed by atoms with E-state index in [0.717, 1.165) is 25.9 Å². The Morgan fingerprint density at radius 1 is 1.26 bits per heavy atom. The molecule has 3 N–H and O–H groups in total. The molecule has 0 bridgehead atoms. The topological polar surface area (TPSA) is 103 Å². The van der Waals surface area contributed by atoms with E-state index in [0.29, 0.717) is 5.69 Å². The third-order valence-corrected chi connectivity index (χ3v) is 4.71.